The Hall–Kier alpha value is -4.09. The maximum absolute atomic E-state index is 12.5. The minimum Gasteiger partial charge on any atom is -0.454 e. The molecule has 1 radical (unpaired) electrons. The van der Waals surface area contributed by atoms with E-state index in [2.05, 4.69) is 47.0 Å². The van der Waals surface area contributed by atoms with Crippen molar-refractivity contribution >= 4 is 5.91 Å². The van der Waals surface area contributed by atoms with Crippen molar-refractivity contribution in [2.24, 2.45) is 0 Å². The van der Waals surface area contributed by atoms with Crippen molar-refractivity contribution in [1.29, 1.82) is 0 Å². The lowest BCUT2D eigenvalue weighted by Crippen LogP contribution is -2.25. The van der Waals surface area contributed by atoms with E-state index in [0.717, 1.165) is 29.0 Å². The molecule has 1 N–H and O–H groups in total. The molecule has 4 aromatic carbocycles. The van der Waals surface area contributed by atoms with E-state index >= 15 is 0 Å². The van der Waals surface area contributed by atoms with Crippen molar-refractivity contribution < 1.29 is 14.3 Å². The van der Waals surface area contributed by atoms with Crippen molar-refractivity contribution in [3.8, 4) is 22.6 Å². The number of rotatable bonds is 9. The fourth-order valence-electron chi connectivity index (χ4n) is 4.03. The lowest BCUT2D eigenvalue weighted by molar-refractivity contribution is 0.0954. The Kier molecular flexibility index (Phi) is 7.06. The molecule has 0 atom stereocenters. The van der Waals surface area contributed by atoms with Crippen LogP contribution in [0.25, 0.3) is 11.1 Å². The normalized spacial score (nSPS) is 11.9. The van der Waals surface area contributed by atoms with Crippen molar-refractivity contribution in [3.63, 3.8) is 0 Å². The van der Waals surface area contributed by atoms with E-state index in [1.165, 1.54) is 16.7 Å². The molecule has 0 aromatic heterocycles. The molecule has 175 valence electrons. The van der Waals surface area contributed by atoms with Gasteiger partial charge in [-0.2, -0.15) is 0 Å². The van der Waals surface area contributed by atoms with Crippen molar-refractivity contribution in [2.75, 3.05) is 13.3 Å². The van der Waals surface area contributed by atoms with Gasteiger partial charge in [-0.25, -0.2) is 5.32 Å². The number of carbonyl (C=O) groups is 1. The second kappa shape index (κ2) is 10.9. The maximum atomic E-state index is 12.5. The number of ether oxygens (including phenoxy) is 2. The topological polar surface area (TPSA) is 61.7 Å². The molecule has 1 amide bonds. The van der Waals surface area contributed by atoms with Crippen LogP contribution in [0.15, 0.2) is 97.1 Å². The molecule has 1 aliphatic heterocycles. The fraction of sp³-hybridized carbons (Fsp3) is 0.167. The summed E-state index contributed by atoms with van der Waals surface area (Å²) in [5.41, 5.74) is 6.41. The summed E-state index contributed by atoms with van der Waals surface area (Å²) in [4.78, 5) is 12.5. The molecule has 0 fully saturated rings. The lowest BCUT2D eigenvalue weighted by atomic mass is 10.0. The number of nitrogens with zero attached hydrogens (tertiary/aromatic N) is 1. The van der Waals surface area contributed by atoms with Crippen LogP contribution >= 0.6 is 0 Å². The maximum Gasteiger partial charge on any atom is 0.251 e. The summed E-state index contributed by atoms with van der Waals surface area (Å²) in [5.74, 6) is 1.50. The molecule has 35 heavy (non-hydrogen) atoms. The zero-order valence-electron chi connectivity index (χ0n) is 19.4. The van der Waals surface area contributed by atoms with Crippen LogP contribution in [0.5, 0.6) is 11.5 Å². The van der Waals surface area contributed by atoms with Crippen molar-refractivity contribution in [1.82, 2.24) is 10.6 Å². The van der Waals surface area contributed by atoms with Crippen LogP contribution in [0.1, 0.15) is 27.0 Å². The molecular weight excluding hydrogens is 436 g/mol. The summed E-state index contributed by atoms with van der Waals surface area (Å²) >= 11 is 0. The van der Waals surface area contributed by atoms with E-state index in [4.69, 9.17) is 9.47 Å². The van der Waals surface area contributed by atoms with Crippen LogP contribution in [0, 0.1) is 0 Å². The lowest BCUT2D eigenvalue weighted by Gasteiger charge is -2.08. The molecule has 0 saturated carbocycles. The van der Waals surface area contributed by atoms with Crippen molar-refractivity contribution in [2.45, 2.75) is 19.5 Å². The Morgan fingerprint density at radius 3 is 2.17 bits per heavy atom. The highest BCUT2D eigenvalue weighted by atomic mass is 16.7. The Labute approximate surface area is 205 Å². The summed E-state index contributed by atoms with van der Waals surface area (Å²) < 4.78 is 10.8. The number of hydrogen-bond acceptors (Lipinski definition) is 3. The van der Waals surface area contributed by atoms with Crippen LogP contribution in [-0.2, 0) is 19.5 Å². The van der Waals surface area contributed by atoms with Gasteiger partial charge in [-0.1, -0.05) is 72.8 Å². The zero-order chi connectivity index (χ0) is 23.9. The van der Waals surface area contributed by atoms with E-state index in [9.17, 15) is 4.79 Å². The minimum atomic E-state index is -0.0604. The number of carbonyl (C=O) groups excluding carboxylic acids is 1. The highest BCUT2D eigenvalue weighted by Gasteiger charge is 2.13. The fourth-order valence-corrected chi connectivity index (χ4v) is 4.03. The Bertz CT molecular complexity index is 1270. The van der Waals surface area contributed by atoms with E-state index in [1.807, 2.05) is 60.7 Å². The molecule has 4 aromatic rings. The first kappa shape index (κ1) is 22.7. The quantitative estimate of drug-likeness (QED) is 0.364. The number of nitrogens with one attached hydrogen (secondary N) is 1. The highest BCUT2D eigenvalue weighted by Crippen LogP contribution is 2.32. The zero-order valence-corrected chi connectivity index (χ0v) is 19.4. The van der Waals surface area contributed by atoms with Gasteiger partial charge in [0.25, 0.3) is 5.91 Å². The van der Waals surface area contributed by atoms with Gasteiger partial charge in [0, 0.05) is 25.2 Å². The van der Waals surface area contributed by atoms with Gasteiger partial charge in [-0.05, 0) is 58.5 Å². The van der Waals surface area contributed by atoms with Gasteiger partial charge in [0.2, 0.25) is 6.79 Å². The van der Waals surface area contributed by atoms with Crippen LogP contribution in [0.3, 0.4) is 0 Å². The molecule has 0 saturated heterocycles. The van der Waals surface area contributed by atoms with Gasteiger partial charge in [0.15, 0.2) is 11.5 Å². The molecule has 0 spiro atoms. The first-order chi connectivity index (χ1) is 17.2. The number of hydrogen-bond donors (Lipinski definition) is 1. The third-order valence-corrected chi connectivity index (χ3v) is 6.00. The monoisotopic (exact) mass is 463 g/mol. The Morgan fingerprint density at radius 1 is 0.714 bits per heavy atom. The predicted octanol–water partition coefficient (Wildman–Crippen LogP) is 5.36. The Balaban J connectivity index is 1.05. The standard InChI is InChI=1S/C30H27N2O3/c33-30(32-17-16-22-6-11-26(12-7-22)25-4-2-1-3-5-25)27-13-8-23(9-14-27)19-31-20-24-10-15-28-29(18-24)35-21-34-28/h1-15,18H,16-17,19-21H2,(H,32,33). The number of amides is 1. The van der Waals surface area contributed by atoms with Gasteiger partial charge < -0.3 is 14.8 Å². The average molecular weight is 464 g/mol. The van der Waals surface area contributed by atoms with E-state index in [1.54, 1.807) is 0 Å². The van der Waals surface area contributed by atoms with Gasteiger partial charge in [0.1, 0.15) is 0 Å². The van der Waals surface area contributed by atoms with Crippen LogP contribution in [0.4, 0.5) is 0 Å². The summed E-state index contributed by atoms with van der Waals surface area (Å²) in [7, 11) is 0. The summed E-state index contributed by atoms with van der Waals surface area (Å²) in [5, 5.41) is 7.64. The smallest absolute Gasteiger partial charge is 0.251 e. The molecule has 5 nitrogen and oxygen atoms in total. The average Bonchev–Trinajstić information content (AvgIpc) is 3.38. The van der Waals surface area contributed by atoms with Crippen molar-refractivity contribution in [3.05, 3.63) is 119 Å². The third kappa shape index (κ3) is 5.89. The molecular formula is C30H27N2O3. The first-order valence-electron chi connectivity index (χ1n) is 11.8. The van der Waals surface area contributed by atoms with Crippen LogP contribution < -0.4 is 20.1 Å². The second-order valence-electron chi connectivity index (χ2n) is 8.49. The highest BCUT2D eigenvalue weighted by molar-refractivity contribution is 5.94. The van der Waals surface area contributed by atoms with Gasteiger partial charge in [0.05, 0.1) is 0 Å². The molecule has 1 aliphatic rings. The molecule has 5 heteroatoms. The first-order valence-corrected chi connectivity index (χ1v) is 11.8. The van der Waals surface area contributed by atoms with Gasteiger partial charge in [-0.15, -0.1) is 0 Å². The van der Waals surface area contributed by atoms with Gasteiger partial charge in [-0.3, -0.25) is 4.79 Å². The summed E-state index contributed by atoms with van der Waals surface area (Å²) in [6.45, 7) is 2.06. The molecule has 0 aliphatic carbocycles. The second-order valence-corrected chi connectivity index (χ2v) is 8.49. The molecule has 0 bridgehead atoms. The SMILES string of the molecule is O=C(NCCc1ccc(-c2ccccc2)cc1)c1ccc(C[N]Cc2ccc3c(c2)OCO3)cc1. The third-order valence-electron chi connectivity index (χ3n) is 6.00. The van der Waals surface area contributed by atoms with Crippen LogP contribution in [0.2, 0.25) is 0 Å². The molecule has 5 rings (SSSR count). The summed E-state index contributed by atoms with van der Waals surface area (Å²) in [6, 6.07) is 32.3. The Morgan fingerprint density at radius 2 is 1.37 bits per heavy atom. The number of benzene rings is 4. The summed E-state index contributed by atoms with van der Waals surface area (Å²) in [6.07, 6.45) is 0.789. The van der Waals surface area contributed by atoms with E-state index < -0.39 is 0 Å². The largest absolute Gasteiger partial charge is 0.454 e. The predicted molar refractivity (Wildman–Crippen MR) is 136 cm³/mol. The number of fused-ring (bicyclic) bond motifs is 1. The van der Waals surface area contributed by atoms with Crippen LogP contribution in [-0.4, -0.2) is 19.2 Å². The van der Waals surface area contributed by atoms with E-state index in [-0.39, 0.29) is 12.7 Å². The molecule has 0 unspecified atom stereocenters. The van der Waals surface area contributed by atoms with Gasteiger partial charge >= 0.3 is 0 Å². The minimum absolute atomic E-state index is 0.0604. The van der Waals surface area contributed by atoms with E-state index in [0.29, 0.717) is 25.2 Å². The molecule has 1 heterocycles.